The number of rotatable bonds is 6. The highest BCUT2D eigenvalue weighted by atomic mass is 35.5. The van der Waals surface area contributed by atoms with Crippen LogP contribution in [0.3, 0.4) is 0 Å². The van der Waals surface area contributed by atoms with Crippen molar-refractivity contribution in [3.8, 4) is 0 Å². The molecule has 0 radical (unpaired) electrons. The van der Waals surface area contributed by atoms with Gasteiger partial charge in [-0.05, 0) is 41.9 Å². The lowest BCUT2D eigenvalue weighted by Gasteiger charge is -2.12. The molecule has 2 atom stereocenters. The molecule has 2 N–H and O–H groups in total. The molecule has 0 amide bonds. The Morgan fingerprint density at radius 3 is 2.75 bits per heavy atom. The fourth-order valence-electron chi connectivity index (χ4n) is 2.91. The number of halogens is 1. The van der Waals surface area contributed by atoms with E-state index in [9.17, 15) is 0 Å². The summed E-state index contributed by atoms with van der Waals surface area (Å²) in [5.74, 6) is 2.25. The minimum Gasteiger partial charge on any atom is -0.356 e. The average molecular weight is 343 g/mol. The molecular weight excluding hydrogens is 320 g/mol. The van der Waals surface area contributed by atoms with Crippen LogP contribution in [0, 0.1) is 5.92 Å². The fourth-order valence-corrected chi connectivity index (χ4v) is 3.02. The van der Waals surface area contributed by atoms with Gasteiger partial charge in [0.25, 0.3) is 0 Å². The zero-order valence-corrected chi connectivity index (χ0v) is 14.6. The number of hydrogen-bond acceptors (Lipinski definition) is 2. The number of pyridine rings is 1. The van der Waals surface area contributed by atoms with E-state index in [1.165, 1.54) is 12.0 Å². The summed E-state index contributed by atoms with van der Waals surface area (Å²) in [6.07, 6.45) is 3.96. The molecule has 0 spiro atoms. The van der Waals surface area contributed by atoms with Crippen LogP contribution in [0.4, 0.5) is 0 Å². The second kappa shape index (κ2) is 8.15. The molecule has 1 aliphatic rings. The van der Waals surface area contributed by atoms with Gasteiger partial charge in [0.05, 0.1) is 0 Å². The van der Waals surface area contributed by atoms with Crippen molar-refractivity contribution in [3.63, 3.8) is 0 Å². The Balaban J connectivity index is 1.38. The summed E-state index contributed by atoms with van der Waals surface area (Å²) in [5, 5.41) is 7.31. The van der Waals surface area contributed by atoms with Gasteiger partial charge in [0.15, 0.2) is 5.96 Å². The predicted octanol–water partition coefficient (Wildman–Crippen LogP) is 3.25. The summed E-state index contributed by atoms with van der Waals surface area (Å²) < 4.78 is 0. The molecule has 0 saturated heterocycles. The Morgan fingerprint density at radius 2 is 2.04 bits per heavy atom. The van der Waals surface area contributed by atoms with E-state index in [4.69, 9.17) is 11.6 Å². The number of benzene rings is 1. The number of nitrogens with one attached hydrogen (secondary N) is 2. The smallest absolute Gasteiger partial charge is 0.190 e. The van der Waals surface area contributed by atoms with Gasteiger partial charge in [0.2, 0.25) is 0 Å². The summed E-state index contributed by atoms with van der Waals surface area (Å²) in [5.41, 5.74) is 2.61. The van der Waals surface area contributed by atoms with Gasteiger partial charge >= 0.3 is 0 Å². The summed E-state index contributed by atoms with van der Waals surface area (Å²) >= 11 is 5.80. The van der Waals surface area contributed by atoms with Gasteiger partial charge in [0, 0.05) is 26.3 Å². The van der Waals surface area contributed by atoms with Gasteiger partial charge in [0.1, 0.15) is 5.15 Å². The molecule has 1 aromatic heterocycles. The maximum atomic E-state index is 5.80. The second-order valence-electron chi connectivity index (χ2n) is 6.13. The molecular formula is C19H23ClN4. The van der Waals surface area contributed by atoms with Gasteiger partial charge in [-0.15, -0.1) is 0 Å². The van der Waals surface area contributed by atoms with Crippen LogP contribution >= 0.6 is 11.6 Å². The quantitative estimate of drug-likeness (QED) is 0.481. The predicted molar refractivity (Wildman–Crippen MR) is 99.6 cm³/mol. The second-order valence-corrected chi connectivity index (χ2v) is 6.52. The monoisotopic (exact) mass is 342 g/mol. The van der Waals surface area contributed by atoms with Crippen molar-refractivity contribution in [2.24, 2.45) is 10.9 Å². The summed E-state index contributed by atoms with van der Waals surface area (Å²) in [4.78, 5) is 8.38. The Labute approximate surface area is 148 Å². The summed E-state index contributed by atoms with van der Waals surface area (Å²) in [7, 11) is 1.81. The maximum Gasteiger partial charge on any atom is 0.190 e. The van der Waals surface area contributed by atoms with Gasteiger partial charge in [-0.2, -0.15) is 0 Å². The number of aromatic nitrogens is 1. The van der Waals surface area contributed by atoms with Crippen LogP contribution < -0.4 is 10.6 Å². The highest BCUT2D eigenvalue weighted by Crippen LogP contribution is 2.46. The van der Waals surface area contributed by atoms with Gasteiger partial charge < -0.3 is 10.6 Å². The zero-order valence-electron chi connectivity index (χ0n) is 13.9. The Kier molecular flexibility index (Phi) is 5.70. The van der Waals surface area contributed by atoms with Gasteiger partial charge in [-0.3, -0.25) is 4.99 Å². The number of guanidine groups is 1. The van der Waals surface area contributed by atoms with E-state index in [1.54, 1.807) is 7.05 Å². The van der Waals surface area contributed by atoms with Crippen LogP contribution in [0.1, 0.15) is 23.5 Å². The van der Waals surface area contributed by atoms with Crippen molar-refractivity contribution in [1.29, 1.82) is 0 Å². The van der Waals surface area contributed by atoms with Crippen LogP contribution in [0.25, 0.3) is 0 Å². The Hall–Kier alpha value is -2.07. The van der Waals surface area contributed by atoms with E-state index < -0.39 is 0 Å². The summed E-state index contributed by atoms with van der Waals surface area (Å²) in [6, 6.07) is 14.6. The highest BCUT2D eigenvalue weighted by molar-refractivity contribution is 6.29. The van der Waals surface area contributed by atoms with E-state index in [2.05, 4.69) is 50.9 Å². The van der Waals surface area contributed by atoms with Crippen LogP contribution in [0.15, 0.2) is 53.7 Å². The topological polar surface area (TPSA) is 49.3 Å². The van der Waals surface area contributed by atoms with Crippen LogP contribution in [0.5, 0.6) is 0 Å². The molecule has 4 nitrogen and oxygen atoms in total. The first-order valence-corrected chi connectivity index (χ1v) is 8.74. The minimum atomic E-state index is 0.529. The minimum absolute atomic E-state index is 0.529. The van der Waals surface area contributed by atoms with Gasteiger partial charge in [-0.25, -0.2) is 4.98 Å². The van der Waals surface area contributed by atoms with Crippen molar-refractivity contribution < 1.29 is 0 Å². The fraction of sp³-hybridized carbons (Fsp3) is 0.368. The van der Waals surface area contributed by atoms with E-state index >= 15 is 0 Å². The highest BCUT2D eigenvalue weighted by Gasteiger charge is 2.37. The molecule has 1 heterocycles. The zero-order chi connectivity index (χ0) is 16.8. The Bertz CT molecular complexity index is 670. The van der Waals surface area contributed by atoms with E-state index in [1.807, 2.05) is 18.3 Å². The first kappa shape index (κ1) is 16.8. The molecule has 1 saturated carbocycles. The molecule has 1 fully saturated rings. The standard InChI is InChI=1S/C19H23ClN4/c1-21-19(22-10-9-14-7-8-18(20)23-12-14)24-13-16-11-17(16)15-5-3-2-4-6-15/h2-8,12,16-17H,9-11,13H2,1H3,(H2,21,22,24). The van der Waals surface area contributed by atoms with Crippen LogP contribution in [-0.2, 0) is 6.42 Å². The Morgan fingerprint density at radius 1 is 1.21 bits per heavy atom. The normalized spacial score (nSPS) is 19.8. The van der Waals surface area contributed by atoms with Crippen molar-refractivity contribution in [2.75, 3.05) is 20.1 Å². The molecule has 1 aromatic carbocycles. The molecule has 126 valence electrons. The maximum absolute atomic E-state index is 5.80. The molecule has 3 rings (SSSR count). The van der Waals surface area contributed by atoms with E-state index in [0.29, 0.717) is 17.0 Å². The van der Waals surface area contributed by atoms with Crippen LogP contribution in [-0.4, -0.2) is 31.1 Å². The lowest BCUT2D eigenvalue weighted by molar-refractivity contribution is 0.717. The first-order chi connectivity index (χ1) is 11.8. The lowest BCUT2D eigenvalue weighted by atomic mass is 10.1. The van der Waals surface area contributed by atoms with Crippen LogP contribution in [0.2, 0.25) is 5.15 Å². The lowest BCUT2D eigenvalue weighted by Crippen LogP contribution is -2.39. The molecule has 2 aromatic rings. The molecule has 0 aliphatic heterocycles. The van der Waals surface area contributed by atoms with Crippen molar-refractivity contribution in [1.82, 2.24) is 15.6 Å². The third-order valence-electron chi connectivity index (χ3n) is 4.40. The van der Waals surface area contributed by atoms with Crippen molar-refractivity contribution in [3.05, 3.63) is 64.9 Å². The molecule has 2 unspecified atom stereocenters. The molecule has 5 heteroatoms. The average Bonchev–Trinajstić information content (AvgIpc) is 3.40. The third-order valence-corrected chi connectivity index (χ3v) is 4.62. The third kappa shape index (κ3) is 4.71. The number of aliphatic imine (C=N–C) groups is 1. The number of hydrogen-bond donors (Lipinski definition) is 2. The SMILES string of the molecule is CN=C(NCCc1ccc(Cl)nc1)NCC1CC1c1ccccc1. The van der Waals surface area contributed by atoms with Crippen molar-refractivity contribution in [2.45, 2.75) is 18.8 Å². The molecule has 0 bridgehead atoms. The largest absolute Gasteiger partial charge is 0.356 e. The van der Waals surface area contributed by atoms with Gasteiger partial charge in [-0.1, -0.05) is 48.0 Å². The van der Waals surface area contributed by atoms with E-state index in [-0.39, 0.29) is 0 Å². The summed E-state index contributed by atoms with van der Waals surface area (Å²) in [6.45, 7) is 1.78. The number of nitrogens with zero attached hydrogens (tertiary/aromatic N) is 2. The molecule has 24 heavy (non-hydrogen) atoms. The van der Waals surface area contributed by atoms with E-state index in [0.717, 1.165) is 31.0 Å². The first-order valence-electron chi connectivity index (χ1n) is 8.36. The molecule has 1 aliphatic carbocycles. The van der Waals surface area contributed by atoms with Crippen molar-refractivity contribution >= 4 is 17.6 Å².